The number of rotatable bonds is 4. The molecule has 1 aromatic carbocycles. The molecular weight excluding hydrogens is 350 g/mol. The molecule has 0 saturated carbocycles. The van der Waals surface area contributed by atoms with Crippen LogP contribution >= 0.6 is 11.6 Å². The van der Waals surface area contributed by atoms with Gasteiger partial charge in [-0.1, -0.05) is 23.7 Å². The predicted octanol–water partition coefficient (Wildman–Crippen LogP) is 3.37. The summed E-state index contributed by atoms with van der Waals surface area (Å²) in [6.45, 7) is 0.422. The van der Waals surface area contributed by atoms with Gasteiger partial charge in [0.05, 0.1) is 5.56 Å². The number of carbonyl (C=O) groups excluding carboxylic acids is 1. The summed E-state index contributed by atoms with van der Waals surface area (Å²) < 4.78 is 1.79. The number of halogens is 1. The van der Waals surface area contributed by atoms with E-state index < -0.39 is 0 Å². The van der Waals surface area contributed by atoms with Crippen LogP contribution < -0.4 is 5.32 Å². The van der Waals surface area contributed by atoms with Crippen LogP contribution in [0.25, 0.3) is 17.0 Å². The molecule has 4 rings (SSSR count). The molecule has 0 aliphatic carbocycles. The number of hydrogen-bond acceptors (Lipinski definition) is 4. The van der Waals surface area contributed by atoms with E-state index in [1.54, 1.807) is 47.3 Å². The molecule has 0 aliphatic heterocycles. The van der Waals surface area contributed by atoms with Gasteiger partial charge >= 0.3 is 0 Å². The van der Waals surface area contributed by atoms with E-state index in [2.05, 4.69) is 20.5 Å². The number of fused-ring (bicyclic) bond motifs is 1. The zero-order valence-electron chi connectivity index (χ0n) is 13.6. The van der Waals surface area contributed by atoms with Crippen molar-refractivity contribution in [2.24, 2.45) is 0 Å². The second kappa shape index (κ2) is 6.93. The van der Waals surface area contributed by atoms with Crippen LogP contribution in [0.15, 0.2) is 67.1 Å². The number of nitrogens with one attached hydrogen (secondary N) is 1. The van der Waals surface area contributed by atoms with Gasteiger partial charge in [-0.25, -0.2) is 0 Å². The van der Waals surface area contributed by atoms with Crippen molar-refractivity contribution < 1.29 is 4.79 Å². The Labute approximate surface area is 154 Å². The standard InChI is InChI=1S/C19H14ClN5O/c20-16-6-3-13(4-7-16)10-22-19(26)15-5-8-17-23-24-18(25(17)12-15)14-2-1-9-21-11-14/h1-9,11-12H,10H2,(H,22,26). The van der Waals surface area contributed by atoms with E-state index in [9.17, 15) is 4.79 Å². The molecular formula is C19H14ClN5O. The Bertz CT molecular complexity index is 1060. The number of nitrogens with zero attached hydrogens (tertiary/aromatic N) is 4. The number of pyridine rings is 2. The molecule has 4 aromatic rings. The highest BCUT2D eigenvalue weighted by Gasteiger charge is 2.12. The van der Waals surface area contributed by atoms with Gasteiger partial charge in [-0.05, 0) is 42.0 Å². The first-order chi connectivity index (χ1) is 12.7. The van der Waals surface area contributed by atoms with Crippen molar-refractivity contribution in [2.45, 2.75) is 6.54 Å². The van der Waals surface area contributed by atoms with E-state index in [4.69, 9.17) is 11.6 Å². The number of aromatic nitrogens is 4. The average molecular weight is 364 g/mol. The smallest absolute Gasteiger partial charge is 0.253 e. The van der Waals surface area contributed by atoms with Crippen LogP contribution in [-0.4, -0.2) is 25.5 Å². The van der Waals surface area contributed by atoms with Crippen molar-refractivity contribution >= 4 is 23.2 Å². The summed E-state index contributed by atoms with van der Waals surface area (Å²) in [7, 11) is 0. The molecule has 0 radical (unpaired) electrons. The minimum Gasteiger partial charge on any atom is -0.348 e. The Morgan fingerprint density at radius 2 is 1.92 bits per heavy atom. The number of benzene rings is 1. The predicted molar refractivity (Wildman–Crippen MR) is 98.8 cm³/mol. The highest BCUT2D eigenvalue weighted by Crippen LogP contribution is 2.18. The highest BCUT2D eigenvalue weighted by molar-refractivity contribution is 6.30. The van der Waals surface area contributed by atoms with Crippen molar-refractivity contribution in [3.63, 3.8) is 0 Å². The molecule has 0 saturated heterocycles. The second-order valence-electron chi connectivity index (χ2n) is 5.72. The van der Waals surface area contributed by atoms with Crippen molar-refractivity contribution in [3.05, 3.63) is 83.3 Å². The van der Waals surface area contributed by atoms with Crippen molar-refractivity contribution in [1.29, 1.82) is 0 Å². The van der Waals surface area contributed by atoms with Gasteiger partial charge in [0.1, 0.15) is 0 Å². The molecule has 0 fully saturated rings. The molecule has 1 N–H and O–H groups in total. The summed E-state index contributed by atoms with van der Waals surface area (Å²) in [4.78, 5) is 16.6. The summed E-state index contributed by atoms with van der Waals surface area (Å²) in [5.74, 6) is 0.466. The van der Waals surface area contributed by atoms with E-state index in [1.807, 2.05) is 24.3 Å². The molecule has 0 atom stereocenters. The minimum atomic E-state index is -0.173. The van der Waals surface area contributed by atoms with Gasteiger partial charge in [-0.3, -0.25) is 14.2 Å². The van der Waals surface area contributed by atoms with Crippen molar-refractivity contribution in [1.82, 2.24) is 24.9 Å². The van der Waals surface area contributed by atoms with Crippen LogP contribution in [0, 0.1) is 0 Å². The SMILES string of the molecule is O=C(NCc1ccc(Cl)cc1)c1ccc2nnc(-c3cccnc3)n2c1. The lowest BCUT2D eigenvalue weighted by Crippen LogP contribution is -2.23. The van der Waals surface area contributed by atoms with E-state index >= 15 is 0 Å². The zero-order chi connectivity index (χ0) is 17.9. The maximum absolute atomic E-state index is 12.5. The monoisotopic (exact) mass is 363 g/mol. The molecule has 128 valence electrons. The first-order valence-electron chi connectivity index (χ1n) is 7.98. The van der Waals surface area contributed by atoms with Crippen molar-refractivity contribution in [2.75, 3.05) is 0 Å². The number of amides is 1. The average Bonchev–Trinajstić information content (AvgIpc) is 3.11. The number of carbonyl (C=O) groups is 1. The molecule has 7 heteroatoms. The fraction of sp³-hybridized carbons (Fsp3) is 0.0526. The Balaban J connectivity index is 1.58. The van der Waals surface area contributed by atoms with E-state index in [0.29, 0.717) is 28.6 Å². The van der Waals surface area contributed by atoms with Crippen LogP contribution in [0.3, 0.4) is 0 Å². The molecule has 26 heavy (non-hydrogen) atoms. The fourth-order valence-corrected chi connectivity index (χ4v) is 2.73. The van der Waals surface area contributed by atoms with Gasteiger partial charge in [-0.15, -0.1) is 10.2 Å². The molecule has 0 unspecified atom stereocenters. The van der Waals surface area contributed by atoms with Crippen molar-refractivity contribution in [3.8, 4) is 11.4 Å². The minimum absolute atomic E-state index is 0.173. The molecule has 6 nitrogen and oxygen atoms in total. The topological polar surface area (TPSA) is 72.2 Å². The quantitative estimate of drug-likeness (QED) is 0.603. The molecule has 3 heterocycles. The van der Waals surface area contributed by atoms with Gasteiger partial charge in [0.2, 0.25) is 0 Å². The third-order valence-corrected chi connectivity index (χ3v) is 4.20. The van der Waals surface area contributed by atoms with Gasteiger partial charge < -0.3 is 5.32 Å². The van der Waals surface area contributed by atoms with E-state index in [-0.39, 0.29) is 5.91 Å². The summed E-state index contributed by atoms with van der Waals surface area (Å²) in [6, 6.07) is 14.6. The van der Waals surface area contributed by atoms with Crippen LogP contribution in [0.2, 0.25) is 5.02 Å². The Hall–Kier alpha value is -3.25. The van der Waals surface area contributed by atoms with Crippen LogP contribution in [0.5, 0.6) is 0 Å². The summed E-state index contributed by atoms with van der Waals surface area (Å²) in [6.07, 6.45) is 5.14. The second-order valence-corrected chi connectivity index (χ2v) is 6.16. The summed E-state index contributed by atoms with van der Waals surface area (Å²) in [5, 5.41) is 11.9. The lowest BCUT2D eigenvalue weighted by Gasteiger charge is -2.07. The zero-order valence-corrected chi connectivity index (χ0v) is 14.4. The van der Waals surface area contributed by atoms with Gasteiger partial charge in [-0.2, -0.15) is 0 Å². The lowest BCUT2D eigenvalue weighted by molar-refractivity contribution is 0.0950. The maximum Gasteiger partial charge on any atom is 0.253 e. The third kappa shape index (κ3) is 3.27. The molecule has 3 aromatic heterocycles. The van der Waals surface area contributed by atoms with E-state index in [0.717, 1.165) is 11.1 Å². The van der Waals surface area contributed by atoms with Crippen LogP contribution in [0.4, 0.5) is 0 Å². The maximum atomic E-state index is 12.5. The first-order valence-corrected chi connectivity index (χ1v) is 8.36. The first kappa shape index (κ1) is 16.2. The van der Waals surface area contributed by atoms with Crippen LogP contribution in [0.1, 0.15) is 15.9 Å². The van der Waals surface area contributed by atoms with Gasteiger partial charge in [0, 0.05) is 35.7 Å². The summed E-state index contributed by atoms with van der Waals surface area (Å²) >= 11 is 5.87. The molecule has 0 aliphatic rings. The lowest BCUT2D eigenvalue weighted by atomic mass is 10.2. The highest BCUT2D eigenvalue weighted by atomic mass is 35.5. The fourth-order valence-electron chi connectivity index (χ4n) is 2.60. The van der Waals surface area contributed by atoms with E-state index in [1.165, 1.54) is 0 Å². The molecule has 0 bridgehead atoms. The molecule has 0 spiro atoms. The largest absolute Gasteiger partial charge is 0.348 e. The Morgan fingerprint density at radius 1 is 1.08 bits per heavy atom. The Kier molecular flexibility index (Phi) is 4.33. The third-order valence-electron chi connectivity index (χ3n) is 3.95. The van der Waals surface area contributed by atoms with Gasteiger partial charge in [0.15, 0.2) is 11.5 Å². The molecule has 1 amide bonds. The normalized spacial score (nSPS) is 10.8. The number of hydrogen-bond donors (Lipinski definition) is 1. The van der Waals surface area contributed by atoms with Crippen LogP contribution in [-0.2, 0) is 6.54 Å². The van der Waals surface area contributed by atoms with Gasteiger partial charge in [0.25, 0.3) is 5.91 Å². The summed E-state index contributed by atoms with van der Waals surface area (Å²) in [5.41, 5.74) is 3.00. The Morgan fingerprint density at radius 3 is 2.69 bits per heavy atom.